The predicted molar refractivity (Wildman–Crippen MR) is 186 cm³/mol. The van der Waals surface area contributed by atoms with Crippen LogP contribution < -0.4 is 0 Å². The van der Waals surface area contributed by atoms with Crippen LogP contribution in [0, 0.1) is 46.3 Å². The van der Waals surface area contributed by atoms with Crippen molar-refractivity contribution in [3.8, 4) is 0 Å². The van der Waals surface area contributed by atoms with Crippen molar-refractivity contribution in [1.82, 2.24) is 0 Å². The summed E-state index contributed by atoms with van der Waals surface area (Å²) >= 11 is 0. The van der Waals surface area contributed by atoms with Crippen LogP contribution in [-0.2, 0) is 23.7 Å². The number of hydrogen-bond acceptors (Lipinski definition) is 14. The van der Waals surface area contributed by atoms with Crippen molar-refractivity contribution in [3.63, 3.8) is 0 Å². The summed E-state index contributed by atoms with van der Waals surface area (Å²) in [6.45, 7) is 11.5. The van der Waals surface area contributed by atoms with Crippen LogP contribution in [-0.4, -0.2) is 145 Å². The zero-order valence-corrected chi connectivity index (χ0v) is 31.5. The molecule has 0 aromatic heterocycles. The average molecular weight is 757 g/mol. The quantitative estimate of drug-likeness (QED) is 0.114. The van der Waals surface area contributed by atoms with E-state index in [0.29, 0.717) is 43.4 Å². The summed E-state index contributed by atoms with van der Waals surface area (Å²) in [7, 11) is 0. The van der Waals surface area contributed by atoms with Crippen LogP contribution in [0.3, 0.4) is 0 Å². The van der Waals surface area contributed by atoms with E-state index in [-0.39, 0.29) is 34.7 Å². The maximum absolute atomic E-state index is 12.0. The van der Waals surface area contributed by atoms with Gasteiger partial charge in [0.15, 0.2) is 18.4 Å². The molecule has 7 aliphatic rings. The van der Waals surface area contributed by atoms with Gasteiger partial charge in [-0.05, 0) is 92.8 Å². The normalized spacial score (nSPS) is 56.6. The molecule has 0 bridgehead atoms. The molecule has 22 atom stereocenters. The molecule has 9 N–H and O–H groups in total. The van der Waals surface area contributed by atoms with E-state index in [4.69, 9.17) is 23.7 Å². The number of aliphatic hydroxyl groups excluding tert-OH is 8. The third kappa shape index (κ3) is 6.58. The van der Waals surface area contributed by atoms with Crippen LogP contribution >= 0.6 is 0 Å². The maximum atomic E-state index is 12.0. The van der Waals surface area contributed by atoms with Gasteiger partial charge in [0.1, 0.15) is 48.8 Å². The van der Waals surface area contributed by atoms with E-state index in [0.717, 1.165) is 37.7 Å². The highest BCUT2D eigenvalue weighted by molar-refractivity contribution is 5.18. The third-order valence-corrected chi connectivity index (χ3v) is 15.5. The molecule has 4 saturated carbocycles. The van der Waals surface area contributed by atoms with Crippen LogP contribution in [0.5, 0.6) is 0 Å². The lowest BCUT2D eigenvalue weighted by Gasteiger charge is -2.61. The van der Waals surface area contributed by atoms with Crippen LogP contribution in [0.25, 0.3) is 0 Å². The Balaban J connectivity index is 1.04. The second-order valence-electron chi connectivity index (χ2n) is 18.3. The molecule has 0 amide bonds. The Labute approximate surface area is 312 Å². The van der Waals surface area contributed by atoms with E-state index in [1.807, 2.05) is 6.92 Å². The first-order valence-electron chi connectivity index (χ1n) is 20.0. The Hall–Kier alpha value is -0.820. The van der Waals surface area contributed by atoms with Crippen molar-refractivity contribution in [2.45, 2.75) is 171 Å². The van der Waals surface area contributed by atoms with Crippen molar-refractivity contribution in [1.29, 1.82) is 0 Å². The molecule has 7 fully saturated rings. The van der Waals surface area contributed by atoms with Crippen LogP contribution in [0.1, 0.15) is 85.5 Å². The van der Waals surface area contributed by atoms with E-state index < -0.39 is 92.6 Å². The van der Waals surface area contributed by atoms with Crippen molar-refractivity contribution in [2.24, 2.45) is 46.3 Å². The van der Waals surface area contributed by atoms with Gasteiger partial charge in [0.05, 0.1) is 31.5 Å². The summed E-state index contributed by atoms with van der Waals surface area (Å²) in [6, 6.07) is 0. The lowest BCUT2D eigenvalue weighted by molar-refractivity contribution is -0.373. The summed E-state index contributed by atoms with van der Waals surface area (Å²) in [5.74, 6) is -0.191. The maximum Gasteiger partial charge on any atom is 0.187 e. The number of aliphatic hydroxyl groups is 9. The second-order valence-corrected chi connectivity index (χ2v) is 18.3. The van der Waals surface area contributed by atoms with E-state index in [2.05, 4.69) is 27.4 Å². The van der Waals surface area contributed by atoms with Gasteiger partial charge in [0.2, 0.25) is 0 Å². The Morgan fingerprint density at radius 1 is 0.755 bits per heavy atom. The van der Waals surface area contributed by atoms with Gasteiger partial charge in [-0.2, -0.15) is 0 Å². The molecule has 0 aromatic rings. The largest absolute Gasteiger partial charge is 0.394 e. The van der Waals surface area contributed by atoms with Gasteiger partial charge in [-0.25, -0.2) is 0 Å². The van der Waals surface area contributed by atoms with Gasteiger partial charge in [0.25, 0.3) is 0 Å². The SMILES string of the molecule is C=C(C)CC[C@@]1(O)O[C@H]2[C@H](O)[C@H]3[C@@H]4CC[C@@H]5C[C@@H](O[C@@H]6O[C@H](CO)[C@H](O)[C@H](O)[C@H]6O[C@@H]6O[C@H](CO)[C@@H](O)[C@H](O)[C@H]6O)CC[C@]5(C)[C@H]4CC[C@]3(C)[C@H]2[C@@H]1C. The lowest BCUT2D eigenvalue weighted by Crippen LogP contribution is -2.65. The minimum Gasteiger partial charge on any atom is -0.394 e. The molecule has 3 aliphatic heterocycles. The molecular formula is C39H64O14. The summed E-state index contributed by atoms with van der Waals surface area (Å²) in [4.78, 5) is 0. The fourth-order valence-corrected chi connectivity index (χ4v) is 12.6. The number of fused-ring (bicyclic) bond motifs is 7. The molecule has 53 heavy (non-hydrogen) atoms. The standard InChI is InChI=1S/C39H64O14/c1-17(2)8-13-39(48)18(3)25-33(53-39)29(44)26-21-7-6-19-14-20(9-11-37(19,4)22(21)10-12-38(25,26)5)49-36-34(31(46)28(43)24(16-41)51-36)52-35-32(47)30(45)27(42)23(15-40)50-35/h18-36,40-48H,1,6-16H2,2-5H3/t18-,19+,20-,21+,22-,23+,24+,25-,26+,27+,28-,29+,30-,31-,32+,33+,34+,35-,36+,37-,38+,39+/m0/s1. The molecule has 304 valence electrons. The van der Waals surface area contributed by atoms with Crippen molar-refractivity contribution >= 4 is 0 Å². The van der Waals surface area contributed by atoms with Crippen LogP contribution in [0.4, 0.5) is 0 Å². The first-order chi connectivity index (χ1) is 25.0. The monoisotopic (exact) mass is 756 g/mol. The Bertz CT molecular complexity index is 1320. The van der Waals surface area contributed by atoms with E-state index in [1.54, 1.807) is 0 Å². The average Bonchev–Trinajstić information content (AvgIpc) is 3.52. The highest BCUT2D eigenvalue weighted by Gasteiger charge is 2.71. The molecule has 3 saturated heterocycles. The van der Waals surface area contributed by atoms with Gasteiger partial charge in [-0.3, -0.25) is 0 Å². The second kappa shape index (κ2) is 14.8. The molecule has 0 spiro atoms. The highest BCUT2D eigenvalue weighted by atomic mass is 16.8. The van der Waals surface area contributed by atoms with Crippen LogP contribution in [0.2, 0.25) is 0 Å². The smallest absolute Gasteiger partial charge is 0.187 e. The molecule has 14 nitrogen and oxygen atoms in total. The lowest BCUT2D eigenvalue weighted by atomic mass is 9.44. The summed E-state index contributed by atoms with van der Waals surface area (Å²) in [6.07, 6.45) is -8.96. The molecular weight excluding hydrogens is 692 g/mol. The zero-order chi connectivity index (χ0) is 38.4. The van der Waals surface area contributed by atoms with E-state index >= 15 is 0 Å². The summed E-state index contributed by atoms with van der Waals surface area (Å²) < 4.78 is 30.3. The Morgan fingerprint density at radius 2 is 1.40 bits per heavy atom. The number of hydrogen-bond donors (Lipinski definition) is 9. The topological polar surface area (TPSA) is 228 Å². The molecule has 4 aliphatic carbocycles. The highest BCUT2D eigenvalue weighted by Crippen LogP contribution is 2.71. The Kier molecular flexibility index (Phi) is 11.3. The van der Waals surface area contributed by atoms with Crippen molar-refractivity contribution in [2.75, 3.05) is 13.2 Å². The molecule has 0 aromatic carbocycles. The van der Waals surface area contributed by atoms with Gasteiger partial charge >= 0.3 is 0 Å². The fraction of sp³-hybridized carbons (Fsp3) is 0.949. The minimum absolute atomic E-state index is 0.000776. The van der Waals surface area contributed by atoms with E-state index in [9.17, 15) is 46.0 Å². The molecule has 3 heterocycles. The van der Waals surface area contributed by atoms with Gasteiger partial charge in [-0.1, -0.05) is 26.3 Å². The first kappa shape index (κ1) is 40.4. The Morgan fingerprint density at radius 3 is 2.06 bits per heavy atom. The molecule has 0 radical (unpaired) electrons. The fourth-order valence-electron chi connectivity index (χ4n) is 12.6. The predicted octanol–water partition coefficient (Wildman–Crippen LogP) is 0.315. The van der Waals surface area contributed by atoms with Gasteiger partial charge in [0, 0.05) is 18.3 Å². The van der Waals surface area contributed by atoms with Gasteiger partial charge < -0.3 is 69.6 Å². The zero-order valence-electron chi connectivity index (χ0n) is 31.5. The minimum atomic E-state index is -1.74. The third-order valence-electron chi connectivity index (χ3n) is 15.5. The van der Waals surface area contributed by atoms with Crippen molar-refractivity contribution < 1.29 is 69.6 Å². The van der Waals surface area contributed by atoms with Crippen molar-refractivity contribution in [3.05, 3.63) is 12.2 Å². The number of ether oxygens (including phenoxy) is 5. The van der Waals surface area contributed by atoms with Gasteiger partial charge in [-0.15, -0.1) is 6.58 Å². The number of rotatable bonds is 9. The summed E-state index contributed by atoms with van der Waals surface area (Å²) in [5.41, 5.74) is 0.851. The van der Waals surface area contributed by atoms with Crippen LogP contribution in [0.15, 0.2) is 12.2 Å². The molecule has 0 unspecified atom stereocenters. The molecule has 7 rings (SSSR count). The first-order valence-corrected chi connectivity index (χ1v) is 20.0. The summed E-state index contributed by atoms with van der Waals surface area (Å²) in [5, 5.41) is 96.2. The van der Waals surface area contributed by atoms with E-state index in [1.165, 1.54) is 0 Å². The number of allylic oxidation sites excluding steroid dienone is 1. The molecule has 14 heteroatoms.